The van der Waals surface area contributed by atoms with E-state index in [-0.39, 0.29) is 11.5 Å². The summed E-state index contributed by atoms with van der Waals surface area (Å²) in [5.74, 6) is -8.85. The lowest BCUT2D eigenvalue weighted by Gasteiger charge is -2.23. The Morgan fingerprint density at radius 3 is 1.89 bits per heavy atom. The van der Waals surface area contributed by atoms with Crippen LogP contribution in [0.5, 0.6) is 0 Å². The number of halogens is 7. The molecule has 0 aromatic rings. The number of hydrogen-bond acceptors (Lipinski definition) is 2. The molecule has 0 aliphatic carbocycles. The fourth-order valence-corrected chi connectivity index (χ4v) is 2.07. The molecular weight excluding hydrogens is 301 g/mol. The summed E-state index contributed by atoms with van der Waals surface area (Å²) < 4.78 is 87.0. The normalized spacial score (nSPS) is 13.7. The largest absolute Gasteiger partial charge is 0.394 e. The monoisotopic (exact) mass is 314 g/mol. The highest BCUT2D eigenvalue weighted by molar-refractivity contribution is 8.13. The third kappa shape index (κ3) is 10.0. The maximum absolute atomic E-state index is 13.1. The Morgan fingerprint density at radius 1 is 0.947 bits per heavy atom. The van der Waals surface area contributed by atoms with Crippen molar-refractivity contribution < 1.29 is 35.5 Å². The first-order chi connectivity index (χ1) is 8.37. The van der Waals surface area contributed by atoms with E-state index < -0.39 is 43.0 Å². The summed E-state index contributed by atoms with van der Waals surface area (Å²) in [7, 11) is 0. The van der Waals surface area contributed by atoms with Crippen LogP contribution in [0.25, 0.3) is 0 Å². The Bertz CT molecular complexity index is 301. The second-order valence-corrected chi connectivity index (χ2v) is 5.16. The van der Waals surface area contributed by atoms with Crippen molar-refractivity contribution in [3.05, 3.63) is 0 Å². The summed E-state index contributed by atoms with van der Waals surface area (Å²) in [6.07, 6.45) is -10.9. The fraction of sp³-hybridized carbons (Fsp3) is 0.900. The molecule has 9 heteroatoms. The van der Waals surface area contributed by atoms with Crippen molar-refractivity contribution in [3.63, 3.8) is 0 Å². The Kier molecular flexibility index (Phi) is 6.64. The first-order valence-corrected chi connectivity index (χ1v) is 6.33. The van der Waals surface area contributed by atoms with E-state index in [0.29, 0.717) is 11.8 Å². The summed E-state index contributed by atoms with van der Waals surface area (Å²) >= 11 is 0.556. The van der Waals surface area contributed by atoms with Crippen LogP contribution in [-0.4, -0.2) is 28.9 Å². The molecule has 0 N–H and O–H groups in total. The summed E-state index contributed by atoms with van der Waals surface area (Å²) in [5, 5.41) is -0.377. The van der Waals surface area contributed by atoms with E-state index in [2.05, 4.69) is 0 Å². The molecule has 0 aliphatic heterocycles. The fourth-order valence-electron chi connectivity index (χ4n) is 1.24. The smallest absolute Gasteiger partial charge is 0.287 e. The second kappa shape index (κ2) is 6.81. The number of rotatable bonds is 7. The first-order valence-electron chi connectivity index (χ1n) is 5.35. The van der Waals surface area contributed by atoms with Crippen molar-refractivity contribution in [2.75, 3.05) is 5.75 Å². The molecule has 0 aromatic heterocycles. The highest BCUT2D eigenvalue weighted by atomic mass is 32.2. The minimum Gasteiger partial charge on any atom is -0.287 e. The van der Waals surface area contributed by atoms with Gasteiger partial charge in [-0.2, -0.15) is 13.2 Å². The second-order valence-electron chi connectivity index (χ2n) is 4.00. The van der Waals surface area contributed by atoms with E-state index in [0.717, 1.165) is 0 Å². The molecule has 0 fully saturated rings. The highest BCUT2D eigenvalue weighted by Gasteiger charge is 2.49. The molecule has 0 radical (unpaired) electrons. The van der Waals surface area contributed by atoms with Crippen LogP contribution in [0.15, 0.2) is 0 Å². The summed E-state index contributed by atoms with van der Waals surface area (Å²) in [5.41, 5.74) is 0. The standard InChI is InChI=1S/C10H13F7OS/c1-2-7(18)19-4-3-8(11,12)5-9(13,14)6-10(15,16)17/h2-6H2,1H3. The third-order valence-electron chi connectivity index (χ3n) is 2.00. The van der Waals surface area contributed by atoms with Crippen LogP contribution < -0.4 is 0 Å². The minimum atomic E-state index is -5.20. The molecular formula is C10H13F7OS. The lowest BCUT2D eigenvalue weighted by atomic mass is 10.1. The van der Waals surface area contributed by atoms with Gasteiger partial charge in [-0.05, 0) is 0 Å². The van der Waals surface area contributed by atoms with E-state index >= 15 is 0 Å². The van der Waals surface area contributed by atoms with Crippen LogP contribution in [0.2, 0.25) is 0 Å². The van der Waals surface area contributed by atoms with E-state index in [1.807, 2.05) is 0 Å². The van der Waals surface area contributed by atoms with Crippen LogP contribution in [0, 0.1) is 0 Å². The highest BCUT2D eigenvalue weighted by Crippen LogP contribution is 2.40. The Labute approximate surface area is 109 Å². The van der Waals surface area contributed by atoms with Crippen LogP contribution in [-0.2, 0) is 4.79 Å². The van der Waals surface area contributed by atoms with Gasteiger partial charge in [-0.25, -0.2) is 17.6 Å². The van der Waals surface area contributed by atoms with Crippen LogP contribution in [0.4, 0.5) is 30.7 Å². The average molecular weight is 314 g/mol. The first kappa shape index (κ1) is 18.5. The SMILES string of the molecule is CCC(=O)SCCC(F)(F)CC(F)(F)CC(F)(F)F. The van der Waals surface area contributed by atoms with Gasteiger partial charge in [-0.1, -0.05) is 18.7 Å². The van der Waals surface area contributed by atoms with Gasteiger partial charge in [0.05, 0.1) is 6.42 Å². The quantitative estimate of drug-likeness (QED) is 0.636. The van der Waals surface area contributed by atoms with Crippen LogP contribution in [0.1, 0.15) is 32.6 Å². The van der Waals surface area contributed by atoms with Gasteiger partial charge >= 0.3 is 6.18 Å². The lowest BCUT2D eigenvalue weighted by Crippen LogP contribution is -2.33. The number of alkyl halides is 7. The molecule has 0 spiro atoms. The van der Waals surface area contributed by atoms with Crippen molar-refractivity contribution in [2.45, 2.75) is 50.6 Å². The molecule has 0 amide bonds. The minimum absolute atomic E-state index is 0.112. The zero-order chi connectivity index (χ0) is 15.3. The summed E-state index contributed by atoms with van der Waals surface area (Å²) in [6.45, 7) is 1.50. The van der Waals surface area contributed by atoms with Crippen LogP contribution in [0.3, 0.4) is 0 Å². The number of thioether (sulfide) groups is 1. The molecule has 0 unspecified atom stereocenters. The molecule has 0 saturated heterocycles. The van der Waals surface area contributed by atoms with Crippen molar-refractivity contribution in [1.29, 1.82) is 0 Å². The number of carbonyl (C=O) groups is 1. The van der Waals surface area contributed by atoms with E-state index in [4.69, 9.17) is 0 Å². The molecule has 0 heterocycles. The van der Waals surface area contributed by atoms with Gasteiger partial charge < -0.3 is 0 Å². The molecule has 114 valence electrons. The Balaban J connectivity index is 4.30. The molecule has 19 heavy (non-hydrogen) atoms. The van der Waals surface area contributed by atoms with Crippen molar-refractivity contribution in [2.24, 2.45) is 0 Å². The van der Waals surface area contributed by atoms with Crippen LogP contribution >= 0.6 is 11.8 Å². The maximum atomic E-state index is 13.1. The van der Waals surface area contributed by atoms with Crippen molar-refractivity contribution >= 4 is 16.9 Å². The number of carbonyl (C=O) groups excluding carboxylic acids is 1. The van der Waals surface area contributed by atoms with Gasteiger partial charge in [0, 0.05) is 18.6 Å². The van der Waals surface area contributed by atoms with Gasteiger partial charge in [-0.3, -0.25) is 4.79 Å². The molecule has 0 bridgehead atoms. The summed E-state index contributed by atoms with van der Waals surface area (Å²) in [6, 6.07) is 0. The average Bonchev–Trinajstić information content (AvgIpc) is 2.10. The number of hydrogen-bond donors (Lipinski definition) is 0. The maximum Gasteiger partial charge on any atom is 0.394 e. The van der Waals surface area contributed by atoms with Crippen molar-refractivity contribution in [3.8, 4) is 0 Å². The predicted octanol–water partition coefficient (Wildman–Crippen LogP) is 4.66. The zero-order valence-electron chi connectivity index (χ0n) is 10.00. The molecule has 1 nitrogen and oxygen atoms in total. The van der Waals surface area contributed by atoms with Gasteiger partial charge in [0.1, 0.15) is 6.42 Å². The summed E-state index contributed by atoms with van der Waals surface area (Å²) in [4.78, 5) is 10.8. The molecule has 0 aliphatic rings. The van der Waals surface area contributed by atoms with Gasteiger partial charge in [0.2, 0.25) is 0 Å². The lowest BCUT2D eigenvalue weighted by molar-refractivity contribution is -0.205. The zero-order valence-corrected chi connectivity index (χ0v) is 10.8. The van der Waals surface area contributed by atoms with E-state index in [1.54, 1.807) is 0 Å². The van der Waals surface area contributed by atoms with Crippen molar-refractivity contribution in [1.82, 2.24) is 0 Å². The topological polar surface area (TPSA) is 17.1 Å². The van der Waals surface area contributed by atoms with Gasteiger partial charge in [-0.15, -0.1) is 0 Å². The Morgan fingerprint density at radius 2 is 1.47 bits per heavy atom. The molecule has 0 atom stereocenters. The molecule has 0 saturated carbocycles. The van der Waals surface area contributed by atoms with Gasteiger partial charge in [0.25, 0.3) is 11.8 Å². The van der Waals surface area contributed by atoms with E-state index in [9.17, 15) is 35.5 Å². The predicted molar refractivity (Wildman–Crippen MR) is 57.6 cm³/mol. The molecule has 0 rings (SSSR count). The Hall–Kier alpha value is -0.470. The van der Waals surface area contributed by atoms with E-state index in [1.165, 1.54) is 6.92 Å². The third-order valence-corrected chi connectivity index (χ3v) is 3.01. The molecule has 0 aromatic carbocycles. The van der Waals surface area contributed by atoms with Gasteiger partial charge in [0.15, 0.2) is 5.12 Å².